The normalized spacial score (nSPS) is 10.3. The molecule has 0 atom stereocenters. The van der Waals surface area contributed by atoms with Crippen molar-refractivity contribution >= 4 is 0 Å². The summed E-state index contributed by atoms with van der Waals surface area (Å²) in [6, 6.07) is 14.1. The van der Waals surface area contributed by atoms with E-state index in [0.717, 1.165) is 28.3 Å². The third-order valence-corrected chi connectivity index (χ3v) is 4.03. The van der Waals surface area contributed by atoms with Crippen molar-refractivity contribution in [1.29, 1.82) is 5.26 Å². The SMILES string of the molecule is Cc1c(-[n+]2ccccc2C)cc(C#N)cc1-[n+]1cnccc1C. The highest BCUT2D eigenvalue weighted by atomic mass is 15.0. The van der Waals surface area contributed by atoms with Gasteiger partial charge in [0.1, 0.15) is 17.6 Å². The van der Waals surface area contributed by atoms with Crippen LogP contribution in [0.3, 0.4) is 0 Å². The lowest BCUT2D eigenvalue weighted by Gasteiger charge is -2.09. The fourth-order valence-corrected chi connectivity index (χ4v) is 2.73. The van der Waals surface area contributed by atoms with Crippen LogP contribution in [-0.2, 0) is 0 Å². The number of aryl methyl sites for hydroxylation is 2. The molecule has 0 fully saturated rings. The molecule has 0 aliphatic carbocycles. The van der Waals surface area contributed by atoms with Crippen molar-refractivity contribution in [3.05, 3.63) is 77.6 Å². The number of aromatic nitrogens is 3. The molecule has 0 aliphatic heterocycles. The Morgan fingerprint density at radius 2 is 1.65 bits per heavy atom. The largest absolute Gasteiger partial charge is 0.291 e. The summed E-state index contributed by atoms with van der Waals surface area (Å²) in [6.07, 6.45) is 5.57. The Morgan fingerprint density at radius 3 is 2.30 bits per heavy atom. The van der Waals surface area contributed by atoms with Gasteiger partial charge in [-0.15, -0.1) is 0 Å². The van der Waals surface area contributed by atoms with Gasteiger partial charge >= 0.3 is 0 Å². The first-order chi connectivity index (χ1) is 11.1. The molecule has 112 valence electrons. The van der Waals surface area contributed by atoms with Gasteiger partial charge in [-0.25, -0.2) is 0 Å². The van der Waals surface area contributed by atoms with Gasteiger partial charge in [0.25, 0.3) is 6.33 Å². The first-order valence-corrected chi connectivity index (χ1v) is 7.47. The van der Waals surface area contributed by atoms with Crippen molar-refractivity contribution in [3.63, 3.8) is 0 Å². The van der Waals surface area contributed by atoms with E-state index < -0.39 is 0 Å². The summed E-state index contributed by atoms with van der Waals surface area (Å²) in [4.78, 5) is 4.21. The van der Waals surface area contributed by atoms with E-state index in [1.807, 2.05) is 48.0 Å². The average molecular weight is 302 g/mol. The number of hydrogen-bond donors (Lipinski definition) is 0. The summed E-state index contributed by atoms with van der Waals surface area (Å²) in [7, 11) is 0. The van der Waals surface area contributed by atoms with E-state index in [1.54, 1.807) is 12.5 Å². The third kappa shape index (κ3) is 2.69. The molecule has 3 aromatic rings. The fourth-order valence-electron chi connectivity index (χ4n) is 2.73. The van der Waals surface area contributed by atoms with Crippen molar-refractivity contribution < 1.29 is 9.13 Å². The molecule has 0 radical (unpaired) electrons. The standard InChI is InChI=1S/C19H18N4/c1-14-6-4-5-9-22(14)18-10-17(12-20)11-19(16(18)3)23-13-21-8-7-15(23)2/h4-11,13H,1-3H3/q+2. The molecule has 0 N–H and O–H groups in total. The maximum Gasteiger partial charge on any atom is 0.291 e. The second-order valence-corrected chi connectivity index (χ2v) is 5.55. The van der Waals surface area contributed by atoms with Crippen LogP contribution in [0.2, 0.25) is 0 Å². The number of rotatable bonds is 2. The van der Waals surface area contributed by atoms with E-state index >= 15 is 0 Å². The van der Waals surface area contributed by atoms with E-state index in [4.69, 9.17) is 0 Å². The lowest BCUT2D eigenvalue weighted by molar-refractivity contribution is -0.613. The lowest BCUT2D eigenvalue weighted by Crippen LogP contribution is -2.39. The smallest absolute Gasteiger partial charge is 0.200 e. The van der Waals surface area contributed by atoms with Crippen LogP contribution in [0.25, 0.3) is 11.4 Å². The van der Waals surface area contributed by atoms with Crippen LogP contribution in [0.1, 0.15) is 22.5 Å². The van der Waals surface area contributed by atoms with Crippen molar-refractivity contribution in [2.45, 2.75) is 20.8 Å². The predicted molar refractivity (Wildman–Crippen MR) is 86.2 cm³/mol. The average Bonchev–Trinajstić information content (AvgIpc) is 2.57. The van der Waals surface area contributed by atoms with Crippen LogP contribution in [0, 0.1) is 32.1 Å². The molecule has 4 nitrogen and oxygen atoms in total. The van der Waals surface area contributed by atoms with Gasteiger partial charge in [0.15, 0.2) is 11.9 Å². The van der Waals surface area contributed by atoms with Gasteiger partial charge in [0, 0.05) is 37.3 Å². The molecular weight excluding hydrogens is 284 g/mol. The lowest BCUT2D eigenvalue weighted by atomic mass is 10.1. The van der Waals surface area contributed by atoms with E-state index in [9.17, 15) is 5.26 Å². The van der Waals surface area contributed by atoms with Gasteiger partial charge in [0.2, 0.25) is 5.69 Å². The van der Waals surface area contributed by atoms with Crippen LogP contribution in [0.15, 0.2) is 55.1 Å². The highest BCUT2D eigenvalue weighted by molar-refractivity contribution is 5.51. The van der Waals surface area contributed by atoms with Crippen molar-refractivity contribution in [3.8, 4) is 17.4 Å². The van der Waals surface area contributed by atoms with Gasteiger partial charge in [-0.05, 0) is 13.8 Å². The third-order valence-electron chi connectivity index (χ3n) is 4.03. The molecule has 0 unspecified atom stereocenters. The monoisotopic (exact) mass is 302 g/mol. The summed E-state index contributed by atoms with van der Waals surface area (Å²) < 4.78 is 4.12. The number of pyridine rings is 1. The zero-order valence-electron chi connectivity index (χ0n) is 13.5. The second kappa shape index (κ2) is 5.98. The number of nitrogens with zero attached hydrogens (tertiary/aromatic N) is 4. The summed E-state index contributed by atoms with van der Waals surface area (Å²) in [5.74, 6) is 0. The van der Waals surface area contributed by atoms with Crippen LogP contribution >= 0.6 is 0 Å². The van der Waals surface area contributed by atoms with Crippen LogP contribution in [0.5, 0.6) is 0 Å². The molecule has 0 bridgehead atoms. The fraction of sp³-hybridized carbons (Fsp3) is 0.158. The van der Waals surface area contributed by atoms with Crippen LogP contribution in [-0.4, -0.2) is 4.98 Å². The maximum absolute atomic E-state index is 9.43. The molecule has 1 aromatic carbocycles. The van der Waals surface area contributed by atoms with Crippen molar-refractivity contribution in [2.75, 3.05) is 0 Å². The van der Waals surface area contributed by atoms with Crippen molar-refractivity contribution in [2.24, 2.45) is 0 Å². The Hall–Kier alpha value is -3.06. The highest BCUT2D eigenvalue weighted by Gasteiger charge is 2.21. The Kier molecular flexibility index (Phi) is 3.86. The van der Waals surface area contributed by atoms with Crippen LogP contribution in [0.4, 0.5) is 0 Å². The molecule has 0 saturated carbocycles. The van der Waals surface area contributed by atoms with Gasteiger partial charge in [-0.2, -0.15) is 14.4 Å². The van der Waals surface area contributed by atoms with Crippen molar-refractivity contribution in [1.82, 2.24) is 4.98 Å². The molecule has 0 aliphatic rings. The Labute approximate surface area is 135 Å². The second-order valence-electron chi connectivity index (χ2n) is 5.55. The summed E-state index contributed by atoms with van der Waals surface area (Å²) in [6.45, 7) is 6.16. The van der Waals surface area contributed by atoms with Gasteiger partial charge < -0.3 is 0 Å². The molecule has 2 aromatic heterocycles. The first-order valence-electron chi connectivity index (χ1n) is 7.47. The minimum atomic E-state index is 0.632. The maximum atomic E-state index is 9.43. The van der Waals surface area contributed by atoms with Gasteiger partial charge in [-0.3, -0.25) is 0 Å². The molecule has 23 heavy (non-hydrogen) atoms. The molecule has 0 spiro atoms. The Bertz CT molecular complexity index is 856. The number of hydrogen-bond acceptors (Lipinski definition) is 2. The Morgan fingerprint density at radius 1 is 0.957 bits per heavy atom. The Balaban J connectivity index is 2.32. The van der Waals surface area contributed by atoms with E-state index in [-0.39, 0.29) is 0 Å². The topological polar surface area (TPSA) is 44.4 Å². The van der Waals surface area contributed by atoms with E-state index in [0.29, 0.717) is 5.56 Å². The molecular formula is C19H18N4+2. The summed E-state index contributed by atoms with van der Waals surface area (Å²) in [5, 5.41) is 9.43. The molecule has 3 rings (SSSR count). The zero-order chi connectivity index (χ0) is 16.4. The molecule has 0 saturated heterocycles. The first kappa shape index (κ1) is 14.9. The highest BCUT2D eigenvalue weighted by Crippen LogP contribution is 2.18. The minimum absolute atomic E-state index is 0.632. The van der Waals surface area contributed by atoms with E-state index in [1.165, 1.54) is 0 Å². The molecule has 4 heteroatoms. The zero-order valence-corrected chi connectivity index (χ0v) is 13.5. The molecule has 0 amide bonds. The summed E-state index contributed by atoms with van der Waals surface area (Å²) in [5.41, 5.74) is 5.90. The van der Waals surface area contributed by atoms with Gasteiger partial charge in [0.05, 0.1) is 17.2 Å². The quantitative estimate of drug-likeness (QED) is 0.682. The van der Waals surface area contributed by atoms with E-state index in [2.05, 4.69) is 35.5 Å². The number of nitriles is 1. The number of benzene rings is 1. The summed E-state index contributed by atoms with van der Waals surface area (Å²) >= 11 is 0. The van der Waals surface area contributed by atoms with Crippen LogP contribution < -0.4 is 9.13 Å². The molecule has 2 heterocycles. The predicted octanol–water partition coefficient (Wildman–Crippen LogP) is 2.43. The minimum Gasteiger partial charge on any atom is -0.200 e. The van der Waals surface area contributed by atoms with Gasteiger partial charge in [-0.1, -0.05) is 11.1 Å².